The van der Waals surface area contributed by atoms with Crippen LogP contribution in [0.1, 0.15) is 87.1 Å². The monoisotopic (exact) mass is 423 g/mol. The van der Waals surface area contributed by atoms with Crippen molar-refractivity contribution < 1.29 is 9.47 Å². The number of hydrogen-bond donors (Lipinski definition) is 1. The van der Waals surface area contributed by atoms with Crippen LogP contribution in [0.3, 0.4) is 0 Å². The van der Waals surface area contributed by atoms with E-state index in [9.17, 15) is 0 Å². The predicted octanol–water partition coefficient (Wildman–Crippen LogP) is 5.16. The number of piperidine rings is 1. The summed E-state index contributed by atoms with van der Waals surface area (Å²) in [6, 6.07) is 13.6. The zero-order valence-corrected chi connectivity index (χ0v) is 18.6. The molecule has 1 N–H and O–H groups in total. The summed E-state index contributed by atoms with van der Waals surface area (Å²) in [5.41, 5.74) is 2.81. The molecule has 168 valence electrons. The standard InChI is InChI=1S/C26H37N3O2/c1-2-7-20(8-3-1)21-11-13-22(14-12-21)31-19-24-23(9-6-16-27-24)25-15-17-28-29(25)26-10-4-5-18-30-26/h1-3,7-8,15,17,21-24,26-27H,4-6,9-14,16,18-19H2/t21-,22+,23-,24-,26?/m0/s1. The maximum atomic E-state index is 6.50. The lowest BCUT2D eigenvalue weighted by Gasteiger charge is -2.36. The molecule has 1 unspecified atom stereocenters. The molecule has 0 amide bonds. The number of aromatic nitrogens is 2. The molecule has 1 saturated carbocycles. The molecule has 1 aromatic carbocycles. The third-order valence-corrected chi connectivity index (χ3v) is 7.55. The van der Waals surface area contributed by atoms with Crippen LogP contribution in [0.15, 0.2) is 42.6 Å². The molecular weight excluding hydrogens is 386 g/mol. The second-order valence-electron chi connectivity index (χ2n) is 9.55. The number of nitrogens with zero attached hydrogens (tertiary/aromatic N) is 2. The summed E-state index contributed by atoms with van der Waals surface area (Å²) in [7, 11) is 0. The molecule has 5 rings (SSSR count). The molecule has 0 radical (unpaired) electrons. The minimum atomic E-state index is 0.107. The molecule has 1 aliphatic carbocycles. The maximum Gasteiger partial charge on any atom is 0.150 e. The quantitative estimate of drug-likeness (QED) is 0.697. The smallest absolute Gasteiger partial charge is 0.150 e. The van der Waals surface area contributed by atoms with E-state index in [1.807, 2.05) is 6.20 Å². The van der Waals surface area contributed by atoms with Crippen molar-refractivity contribution in [2.24, 2.45) is 0 Å². The van der Waals surface area contributed by atoms with Crippen molar-refractivity contribution >= 4 is 0 Å². The van der Waals surface area contributed by atoms with E-state index in [0.29, 0.717) is 24.0 Å². The summed E-state index contributed by atoms with van der Waals surface area (Å²) in [4.78, 5) is 0. The van der Waals surface area contributed by atoms with Crippen LogP contribution in [0, 0.1) is 0 Å². The van der Waals surface area contributed by atoms with Gasteiger partial charge in [-0.25, -0.2) is 4.68 Å². The van der Waals surface area contributed by atoms with Gasteiger partial charge in [-0.15, -0.1) is 0 Å². The molecule has 3 atom stereocenters. The molecule has 3 aliphatic rings. The zero-order valence-electron chi connectivity index (χ0n) is 18.6. The Labute approximate surface area is 186 Å². The molecule has 2 aliphatic heterocycles. The number of rotatable bonds is 6. The van der Waals surface area contributed by atoms with Crippen LogP contribution in [-0.4, -0.2) is 41.7 Å². The second-order valence-corrected chi connectivity index (χ2v) is 9.55. The van der Waals surface area contributed by atoms with Gasteiger partial charge in [0, 0.05) is 30.5 Å². The van der Waals surface area contributed by atoms with E-state index in [1.54, 1.807) is 0 Å². The summed E-state index contributed by atoms with van der Waals surface area (Å²) < 4.78 is 14.7. The number of ether oxygens (including phenoxy) is 2. The lowest BCUT2D eigenvalue weighted by atomic mass is 9.82. The van der Waals surface area contributed by atoms with Gasteiger partial charge in [0.15, 0.2) is 0 Å². The maximum absolute atomic E-state index is 6.50. The van der Waals surface area contributed by atoms with Gasteiger partial charge in [0.25, 0.3) is 0 Å². The Morgan fingerprint density at radius 3 is 2.65 bits per heavy atom. The topological polar surface area (TPSA) is 48.3 Å². The minimum absolute atomic E-state index is 0.107. The van der Waals surface area contributed by atoms with Gasteiger partial charge < -0.3 is 14.8 Å². The summed E-state index contributed by atoms with van der Waals surface area (Å²) in [5.74, 6) is 1.15. The van der Waals surface area contributed by atoms with Crippen LogP contribution >= 0.6 is 0 Å². The van der Waals surface area contributed by atoms with Crippen molar-refractivity contribution in [1.29, 1.82) is 0 Å². The zero-order chi connectivity index (χ0) is 20.9. The van der Waals surface area contributed by atoms with E-state index in [2.05, 4.69) is 51.5 Å². The van der Waals surface area contributed by atoms with E-state index in [1.165, 1.54) is 62.6 Å². The Kier molecular flexibility index (Phi) is 7.02. The number of nitrogens with one attached hydrogen (secondary N) is 1. The third-order valence-electron chi connectivity index (χ3n) is 7.55. The van der Waals surface area contributed by atoms with Gasteiger partial charge in [-0.3, -0.25) is 0 Å². The minimum Gasteiger partial charge on any atom is -0.377 e. The molecule has 2 saturated heterocycles. The Bertz CT molecular complexity index is 794. The van der Waals surface area contributed by atoms with E-state index in [4.69, 9.17) is 9.47 Å². The van der Waals surface area contributed by atoms with Crippen LogP contribution in [0.2, 0.25) is 0 Å². The van der Waals surface area contributed by atoms with Crippen molar-refractivity contribution in [3.05, 3.63) is 53.9 Å². The molecular formula is C26H37N3O2. The van der Waals surface area contributed by atoms with Gasteiger partial charge >= 0.3 is 0 Å². The molecule has 0 bridgehead atoms. The molecule has 3 heterocycles. The van der Waals surface area contributed by atoms with E-state index in [-0.39, 0.29) is 6.23 Å². The van der Waals surface area contributed by atoms with Gasteiger partial charge in [-0.05, 0) is 81.9 Å². The van der Waals surface area contributed by atoms with Crippen molar-refractivity contribution in [2.45, 2.75) is 88.0 Å². The normalized spacial score (nSPS) is 32.1. The number of hydrogen-bond acceptors (Lipinski definition) is 4. The highest BCUT2D eigenvalue weighted by Crippen LogP contribution is 2.35. The lowest BCUT2D eigenvalue weighted by molar-refractivity contribution is -0.0431. The Hall–Kier alpha value is -1.69. The summed E-state index contributed by atoms with van der Waals surface area (Å²) >= 11 is 0. The van der Waals surface area contributed by atoms with Crippen molar-refractivity contribution in [2.75, 3.05) is 19.8 Å². The highest BCUT2D eigenvalue weighted by Gasteiger charge is 2.32. The summed E-state index contributed by atoms with van der Waals surface area (Å²) in [5, 5.41) is 8.41. The predicted molar refractivity (Wildman–Crippen MR) is 122 cm³/mol. The first-order valence-electron chi connectivity index (χ1n) is 12.4. The first-order valence-corrected chi connectivity index (χ1v) is 12.4. The van der Waals surface area contributed by atoms with Crippen LogP contribution in [0.5, 0.6) is 0 Å². The van der Waals surface area contributed by atoms with Gasteiger partial charge in [0.05, 0.1) is 12.7 Å². The largest absolute Gasteiger partial charge is 0.377 e. The van der Waals surface area contributed by atoms with Crippen molar-refractivity contribution in [1.82, 2.24) is 15.1 Å². The molecule has 2 aromatic rings. The third kappa shape index (κ3) is 5.05. The van der Waals surface area contributed by atoms with Crippen LogP contribution in [0.4, 0.5) is 0 Å². The average Bonchev–Trinajstić information content (AvgIpc) is 3.34. The highest BCUT2D eigenvalue weighted by atomic mass is 16.5. The molecule has 0 spiro atoms. The van der Waals surface area contributed by atoms with Crippen LogP contribution in [-0.2, 0) is 9.47 Å². The lowest BCUT2D eigenvalue weighted by Crippen LogP contribution is -2.45. The highest BCUT2D eigenvalue weighted by molar-refractivity contribution is 5.20. The molecule has 1 aromatic heterocycles. The van der Waals surface area contributed by atoms with Crippen molar-refractivity contribution in [3.8, 4) is 0 Å². The van der Waals surface area contributed by atoms with Crippen LogP contribution < -0.4 is 5.32 Å². The summed E-state index contributed by atoms with van der Waals surface area (Å²) in [6.45, 7) is 2.73. The Morgan fingerprint density at radius 1 is 0.968 bits per heavy atom. The Balaban J connectivity index is 1.17. The van der Waals surface area contributed by atoms with Gasteiger partial charge in [-0.1, -0.05) is 30.3 Å². The van der Waals surface area contributed by atoms with E-state index < -0.39 is 0 Å². The summed E-state index contributed by atoms with van der Waals surface area (Å²) in [6.07, 6.45) is 13.1. The molecule has 5 heteroatoms. The number of benzene rings is 1. The fraction of sp³-hybridized carbons (Fsp3) is 0.654. The molecule has 3 fully saturated rings. The fourth-order valence-electron chi connectivity index (χ4n) is 5.79. The van der Waals surface area contributed by atoms with Gasteiger partial charge in [-0.2, -0.15) is 5.10 Å². The van der Waals surface area contributed by atoms with Gasteiger partial charge in [0.2, 0.25) is 0 Å². The van der Waals surface area contributed by atoms with E-state index >= 15 is 0 Å². The van der Waals surface area contributed by atoms with Gasteiger partial charge in [0.1, 0.15) is 6.23 Å². The Morgan fingerprint density at radius 2 is 1.84 bits per heavy atom. The molecule has 5 nitrogen and oxygen atoms in total. The fourth-order valence-corrected chi connectivity index (χ4v) is 5.79. The first kappa shape index (κ1) is 21.2. The average molecular weight is 424 g/mol. The molecule has 31 heavy (non-hydrogen) atoms. The van der Waals surface area contributed by atoms with E-state index in [0.717, 1.165) is 26.2 Å². The SMILES string of the molecule is c1ccc([C@H]2CC[C@@H](OC[C@@H]3NCCC[C@@H]3c3ccnn3C3CCCCO3)CC2)cc1. The second kappa shape index (κ2) is 10.3. The van der Waals surface area contributed by atoms with Crippen LogP contribution in [0.25, 0.3) is 0 Å². The first-order chi connectivity index (χ1) is 15.4. The van der Waals surface area contributed by atoms with Crippen molar-refractivity contribution in [3.63, 3.8) is 0 Å².